The topological polar surface area (TPSA) is 64.6 Å². The summed E-state index contributed by atoms with van der Waals surface area (Å²) in [5.74, 6) is -1.000. The summed E-state index contributed by atoms with van der Waals surface area (Å²) in [7, 11) is 0. The van der Waals surface area contributed by atoms with Gasteiger partial charge in [0.25, 0.3) is 0 Å². The van der Waals surface area contributed by atoms with Gasteiger partial charge in [0.15, 0.2) is 0 Å². The zero-order valence-corrected chi connectivity index (χ0v) is 20.3. The molecule has 2 aromatic rings. The van der Waals surface area contributed by atoms with Gasteiger partial charge in [-0.1, -0.05) is 17.7 Å². The third kappa shape index (κ3) is 6.55. The second-order valence-electron chi connectivity index (χ2n) is 9.18. The van der Waals surface area contributed by atoms with Crippen LogP contribution in [0.25, 0.3) is 11.1 Å². The van der Waals surface area contributed by atoms with Crippen molar-refractivity contribution in [2.24, 2.45) is 0 Å². The molecule has 0 unspecified atom stereocenters. The Hall–Kier alpha value is -2.89. The average molecular weight is 444 g/mol. The Labute approximate surface area is 190 Å². The second kappa shape index (κ2) is 10.2. The van der Waals surface area contributed by atoms with Gasteiger partial charge in [-0.05, 0) is 95.3 Å². The number of halogens is 1. The van der Waals surface area contributed by atoms with E-state index >= 15 is 4.39 Å². The SMILES string of the molecule is CCOC(=O)C[C@H](NC(=O)OC(C)(C)C)c1cc(-c2c(C)cc(C)cc2C)cc(C)c1F. The van der Waals surface area contributed by atoms with E-state index in [0.717, 1.165) is 27.8 Å². The predicted molar refractivity (Wildman–Crippen MR) is 124 cm³/mol. The van der Waals surface area contributed by atoms with E-state index in [-0.39, 0.29) is 18.6 Å². The standard InChI is InChI=1S/C26H34FNO4/c1-9-31-22(29)14-21(28-25(30)32-26(6,7)8)20-13-19(12-18(5)24(20)27)23-16(3)10-15(2)11-17(23)4/h10-13,21H,9,14H2,1-8H3,(H,28,30)/t21-/m0/s1. The molecule has 0 heterocycles. The number of amides is 1. The average Bonchev–Trinajstić information content (AvgIpc) is 2.61. The van der Waals surface area contributed by atoms with Crippen LogP contribution in [-0.4, -0.2) is 24.3 Å². The van der Waals surface area contributed by atoms with E-state index in [9.17, 15) is 9.59 Å². The Morgan fingerprint density at radius 1 is 1.00 bits per heavy atom. The highest BCUT2D eigenvalue weighted by Gasteiger charge is 2.27. The first-order chi connectivity index (χ1) is 14.8. The highest BCUT2D eigenvalue weighted by molar-refractivity contribution is 5.76. The van der Waals surface area contributed by atoms with Crippen molar-refractivity contribution in [2.75, 3.05) is 6.61 Å². The van der Waals surface area contributed by atoms with Crippen LogP contribution >= 0.6 is 0 Å². The molecular formula is C26H34FNO4. The number of hydrogen-bond acceptors (Lipinski definition) is 4. The third-order valence-corrected chi connectivity index (χ3v) is 4.99. The zero-order chi connectivity index (χ0) is 24.2. The van der Waals surface area contributed by atoms with Crippen molar-refractivity contribution in [3.05, 3.63) is 57.9 Å². The fraction of sp³-hybridized carbons (Fsp3) is 0.462. The molecule has 6 heteroatoms. The van der Waals surface area contributed by atoms with Gasteiger partial charge < -0.3 is 14.8 Å². The molecule has 0 aromatic heterocycles. The van der Waals surface area contributed by atoms with Crippen LogP contribution < -0.4 is 5.32 Å². The van der Waals surface area contributed by atoms with Crippen LogP contribution in [0, 0.1) is 33.5 Å². The first-order valence-corrected chi connectivity index (χ1v) is 10.9. The van der Waals surface area contributed by atoms with Gasteiger partial charge in [-0.25, -0.2) is 9.18 Å². The Balaban J connectivity index is 2.57. The molecular weight excluding hydrogens is 409 g/mol. The number of rotatable bonds is 6. The van der Waals surface area contributed by atoms with Crippen molar-refractivity contribution in [3.63, 3.8) is 0 Å². The molecule has 2 rings (SSSR count). The number of carbonyl (C=O) groups is 2. The molecule has 0 aliphatic rings. The third-order valence-electron chi connectivity index (χ3n) is 4.99. The van der Waals surface area contributed by atoms with E-state index in [1.54, 1.807) is 46.8 Å². The molecule has 0 radical (unpaired) electrons. The summed E-state index contributed by atoms with van der Waals surface area (Å²) in [6, 6.07) is 6.71. The molecule has 0 fully saturated rings. The summed E-state index contributed by atoms with van der Waals surface area (Å²) >= 11 is 0. The Bertz CT molecular complexity index is 985. The van der Waals surface area contributed by atoms with Gasteiger partial charge in [-0.15, -0.1) is 0 Å². The van der Waals surface area contributed by atoms with E-state index in [2.05, 4.69) is 17.4 Å². The molecule has 0 saturated carbocycles. The molecule has 1 atom stereocenters. The van der Waals surface area contributed by atoms with Crippen LogP contribution in [0.2, 0.25) is 0 Å². The monoisotopic (exact) mass is 443 g/mol. The van der Waals surface area contributed by atoms with Gasteiger partial charge in [0.05, 0.1) is 19.1 Å². The number of alkyl carbamates (subject to hydrolysis) is 1. The molecule has 0 aliphatic heterocycles. The molecule has 2 aromatic carbocycles. The van der Waals surface area contributed by atoms with E-state index in [4.69, 9.17) is 9.47 Å². The summed E-state index contributed by atoms with van der Waals surface area (Å²) in [4.78, 5) is 24.7. The molecule has 32 heavy (non-hydrogen) atoms. The van der Waals surface area contributed by atoms with Crippen LogP contribution in [0.15, 0.2) is 24.3 Å². The lowest BCUT2D eigenvalue weighted by Gasteiger charge is -2.25. The van der Waals surface area contributed by atoms with E-state index < -0.39 is 29.5 Å². The number of hydrogen-bond donors (Lipinski definition) is 1. The number of ether oxygens (including phenoxy) is 2. The highest BCUT2D eigenvalue weighted by atomic mass is 19.1. The molecule has 5 nitrogen and oxygen atoms in total. The van der Waals surface area contributed by atoms with Gasteiger partial charge in [0.1, 0.15) is 11.4 Å². The first kappa shape index (κ1) is 25.4. The number of aryl methyl sites for hydroxylation is 4. The summed E-state index contributed by atoms with van der Waals surface area (Å²) in [5.41, 5.74) is 5.04. The molecule has 0 spiro atoms. The number of esters is 1. The van der Waals surface area contributed by atoms with Crippen molar-refractivity contribution in [1.82, 2.24) is 5.32 Å². The van der Waals surface area contributed by atoms with Crippen molar-refractivity contribution in [2.45, 2.75) is 73.5 Å². The first-order valence-electron chi connectivity index (χ1n) is 10.9. The highest BCUT2D eigenvalue weighted by Crippen LogP contribution is 2.34. The van der Waals surface area contributed by atoms with Crippen LogP contribution in [0.3, 0.4) is 0 Å². The van der Waals surface area contributed by atoms with Gasteiger partial charge in [0, 0.05) is 5.56 Å². The minimum atomic E-state index is -0.936. The van der Waals surface area contributed by atoms with Crippen molar-refractivity contribution in [1.29, 1.82) is 0 Å². The largest absolute Gasteiger partial charge is 0.466 e. The summed E-state index contributed by atoms with van der Waals surface area (Å²) in [6.45, 7) is 14.8. The molecule has 0 saturated heterocycles. The van der Waals surface area contributed by atoms with Crippen molar-refractivity contribution < 1.29 is 23.5 Å². The Kier molecular flexibility index (Phi) is 8.05. The molecule has 174 valence electrons. The van der Waals surface area contributed by atoms with Crippen LogP contribution in [0.5, 0.6) is 0 Å². The van der Waals surface area contributed by atoms with Gasteiger partial charge in [-0.2, -0.15) is 0 Å². The predicted octanol–water partition coefficient (Wildman–Crippen LogP) is 6.25. The minimum Gasteiger partial charge on any atom is -0.466 e. The number of benzene rings is 2. The van der Waals surface area contributed by atoms with Crippen LogP contribution in [-0.2, 0) is 14.3 Å². The number of carbonyl (C=O) groups excluding carboxylic acids is 2. The summed E-state index contributed by atoms with van der Waals surface area (Å²) < 4.78 is 25.7. The fourth-order valence-electron chi connectivity index (χ4n) is 3.91. The lowest BCUT2D eigenvalue weighted by Crippen LogP contribution is -2.36. The summed E-state index contributed by atoms with van der Waals surface area (Å²) in [5, 5.41) is 2.66. The van der Waals surface area contributed by atoms with Crippen LogP contribution in [0.4, 0.5) is 9.18 Å². The Morgan fingerprint density at radius 2 is 1.59 bits per heavy atom. The second-order valence-corrected chi connectivity index (χ2v) is 9.18. The van der Waals surface area contributed by atoms with E-state index in [1.807, 2.05) is 20.8 Å². The van der Waals surface area contributed by atoms with Crippen LogP contribution in [0.1, 0.15) is 68.0 Å². The van der Waals surface area contributed by atoms with Gasteiger partial charge >= 0.3 is 12.1 Å². The lowest BCUT2D eigenvalue weighted by molar-refractivity contribution is -0.143. The fourth-order valence-corrected chi connectivity index (χ4v) is 3.91. The van der Waals surface area contributed by atoms with E-state index in [0.29, 0.717) is 5.56 Å². The molecule has 1 amide bonds. The van der Waals surface area contributed by atoms with Gasteiger partial charge in [-0.3, -0.25) is 4.79 Å². The quantitative estimate of drug-likeness (QED) is 0.536. The molecule has 1 N–H and O–H groups in total. The maximum Gasteiger partial charge on any atom is 0.408 e. The zero-order valence-electron chi connectivity index (χ0n) is 20.3. The minimum absolute atomic E-state index is 0.196. The van der Waals surface area contributed by atoms with Crippen molar-refractivity contribution >= 4 is 12.1 Å². The summed E-state index contributed by atoms with van der Waals surface area (Å²) in [6.07, 6.45) is -0.935. The molecule has 0 aliphatic carbocycles. The van der Waals surface area contributed by atoms with Gasteiger partial charge in [0.2, 0.25) is 0 Å². The number of nitrogens with one attached hydrogen (secondary N) is 1. The van der Waals surface area contributed by atoms with Crippen molar-refractivity contribution in [3.8, 4) is 11.1 Å². The normalized spacial score (nSPS) is 12.3. The van der Waals surface area contributed by atoms with E-state index in [1.165, 1.54) is 0 Å². The maximum atomic E-state index is 15.3. The molecule has 0 bridgehead atoms. The maximum absolute atomic E-state index is 15.3. The smallest absolute Gasteiger partial charge is 0.408 e. The lowest BCUT2D eigenvalue weighted by atomic mass is 9.89. The Morgan fingerprint density at radius 3 is 2.12 bits per heavy atom.